The maximum absolute atomic E-state index is 10.4. The molecule has 14 heavy (non-hydrogen) atoms. The fourth-order valence-electron chi connectivity index (χ4n) is 0.341. The van der Waals surface area contributed by atoms with E-state index in [-0.39, 0.29) is 5.75 Å². The molecule has 0 amide bonds. The Labute approximate surface area is 90.2 Å². The van der Waals surface area contributed by atoms with Crippen molar-refractivity contribution in [3.05, 3.63) is 0 Å². The molecule has 0 aromatic carbocycles. The Morgan fingerprint density at radius 1 is 1.21 bits per heavy atom. The zero-order valence-corrected chi connectivity index (χ0v) is 8.75. The molecule has 0 aromatic heterocycles. The van der Waals surface area contributed by atoms with Crippen LogP contribution < -0.4 is 11.5 Å². The lowest BCUT2D eigenvalue weighted by Gasteiger charge is -2.07. The number of nitrogens with two attached hydrogens (primary N) is 2. The molecule has 0 heterocycles. The minimum Gasteiger partial charge on any atom is -0.480 e. The summed E-state index contributed by atoms with van der Waals surface area (Å²) < 4.78 is 7.31. The van der Waals surface area contributed by atoms with Gasteiger partial charge >= 0.3 is 11.9 Å². The monoisotopic (exact) mass is 241 g/mol. The second-order valence-corrected chi connectivity index (χ2v) is 4.64. The minimum atomic E-state index is -1.29. The number of carbonyl (C=O) groups is 2. The van der Waals surface area contributed by atoms with Crippen molar-refractivity contribution in [1.82, 2.24) is 0 Å². The fraction of sp³-hybridized carbons (Fsp3) is 0.667. The van der Waals surface area contributed by atoms with Crippen LogP contribution in [0.1, 0.15) is 1.37 Å². The minimum absolute atomic E-state index is 0.0989. The molecule has 0 aliphatic carbocycles. The summed E-state index contributed by atoms with van der Waals surface area (Å²) in [5.41, 5.74) is 9.32. The van der Waals surface area contributed by atoms with E-state index >= 15 is 0 Å². The van der Waals surface area contributed by atoms with Crippen LogP contribution in [0.3, 0.4) is 0 Å². The zero-order valence-electron chi connectivity index (χ0n) is 8.12. The smallest absolute Gasteiger partial charge is 0.321 e. The van der Waals surface area contributed by atoms with Gasteiger partial charge in [0.25, 0.3) is 0 Å². The SMILES string of the molecule is [2H]C(SSC[C@H](N)C(=O)O)[C@H](N)C(=O)O. The Kier molecular flexibility index (Phi) is 5.76. The molecular weight excluding hydrogens is 228 g/mol. The molecule has 6 N–H and O–H groups in total. The standard InChI is InChI=1S/C6H12N2O4S2/c7-3(5(9)10)1-13-14-2-4(8)6(11)12/h3-4H,1-2,7-8H2,(H,9,10)(H,11,12)/t3-,4-/m0/s1/i1D/t1?,3-,4-. The van der Waals surface area contributed by atoms with Crippen molar-refractivity contribution < 1.29 is 21.2 Å². The van der Waals surface area contributed by atoms with E-state index in [0.29, 0.717) is 0 Å². The molecular formula is C6H12N2O4S2. The summed E-state index contributed by atoms with van der Waals surface area (Å²) in [6, 6.07) is -2.31. The third-order valence-corrected chi connectivity index (χ3v) is 3.31. The maximum atomic E-state index is 10.4. The first kappa shape index (κ1) is 11.6. The lowest BCUT2D eigenvalue weighted by molar-refractivity contribution is -0.138. The molecule has 0 fully saturated rings. The van der Waals surface area contributed by atoms with Gasteiger partial charge in [-0.25, -0.2) is 0 Å². The van der Waals surface area contributed by atoms with Gasteiger partial charge in [-0.2, -0.15) is 0 Å². The second kappa shape index (κ2) is 6.93. The predicted molar refractivity (Wildman–Crippen MR) is 56.1 cm³/mol. The fourth-order valence-corrected chi connectivity index (χ4v) is 2.29. The molecule has 82 valence electrons. The van der Waals surface area contributed by atoms with Crippen molar-refractivity contribution in [2.24, 2.45) is 11.5 Å². The van der Waals surface area contributed by atoms with E-state index in [1.807, 2.05) is 0 Å². The van der Waals surface area contributed by atoms with Gasteiger partial charge in [0.05, 0.1) is 0 Å². The lowest BCUT2D eigenvalue weighted by Crippen LogP contribution is -2.33. The maximum Gasteiger partial charge on any atom is 0.321 e. The van der Waals surface area contributed by atoms with Crippen LogP contribution in [0.5, 0.6) is 0 Å². The summed E-state index contributed by atoms with van der Waals surface area (Å²) >= 11 is 0. The van der Waals surface area contributed by atoms with Crippen LogP contribution >= 0.6 is 21.6 Å². The average Bonchev–Trinajstić information content (AvgIpc) is 2.15. The zero-order chi connectivity index (χ0) is 12.0. The number of carboxylic acid groups (broad SMARTS) is 2. The van der Waals surface area contributed by atoms with Gasteiger partial charge in [-0.3, -0.25) is 9.59 Å². The largest absolute Gasteiger partial charge is 0.480 e. The van der Waals surface area contributed by atoms with E-state index in [1.165, 1.54) is 0 Å². The number of hydrogen-bond donors (Lipinski definition) is 4. The van der Waals surface area contributed by atoms with Gasteiger partial charge in [0.1, 0.15) is 12.1 Å². The Balaban J connectivity index is 3.77. The number of rotatable bonds is 7. The molecule has 0 saturated heterocycles. The number of carboxylic acids is 2. The summed E-state index contributed by atoms with van der Waals surface area (Å²) in [5, 5.41) is 16.9. The van der Waals surface area contributed by atoms with Crippen LogP contribution in [-0.4, -0.2) is 45.7 Å². The van der Waals surface area contributed by atoms with Gasteiger partial charge < -0.3 is 21.7 Å². The Morgan fingerprint density at radius 2 is 1.71 bits per heavy atom. The van der Waals surface area contributed by atoms with Crippen LogP contribution in [-0.2, 0) is 9.59 Å². The molecule has 0 aliphatic heterocycles. The highest BCUT2D eigenvalue weighted by Crippen LogP contribution is 2.22. The molecule has 0 saturated carbocycles. The molecule has 0 radical (unpaired) electrons. The quantitative estimate of drug-likeness (QED) is 0.426. The molecule has 0 aliphatic rings. The van der Waals surface area contributed by atoms with Gasteiger partial charge in [0.2, 0.25) is 0 Å². The van der Waals surface area contributed by atoms with E-state index in [1.54, 1.807) is 0 Å². The number of aliphatic carboxylic acids is 2. The summed E-state index contributed by atoms with van der Waals surface area (Å²) in [5.74, 6) is -2.29. The summed E-state index contributed by atoms with van der Waals surface area (Å²) in [6.45, 7) is 0. The molecule has 6 nitrogen and oxygen atoms in total. The van der Waals surface area contributed by atoms with E-state index in [2.05, 4.69) is 0 Å². The van der Waals surface area contributed by atoms with Crippen LogP contribution in [0.2, 0.25) is 0 Å². The summed E-state index contributed by atoms with van der Waals surface area (Å²) in [6.07, 6.45) is 0. The van der Waals surface area contributed by atoms with Crippen LogP contribution in [0.25, 0.3) is 0 Å². The van der Waals surface area contributed by atoms with Crippen molar-refractivity contribution in [1.29, 1.82) is 0 Å². The molecule has 8 heteroatoms. The van der Waals surface area contributed by atoms with Crippen molar-refractivity contribution in [2.45, 2.75) is 12.1 Å². The van der Waals surface area contributed by atoms with Gasteiger partial charge in [0, 0.05) is 12.9 Å². The first-order chi connectivity index (χ1) is 6.86. The predicted octanol–water partition coefficient (Wildman–Crippen LogP) is -0.808. The van der Waals surface area contributed by atoms with Crippen molar-refractivity contribution in [3.8, 4) is 0 Å². The Morgan fingerprint density at radius 3 is 2.14 bits per heavy atom. The van der Waals surface area contributed by atoms with Gasteiger partial charge in [-0.15, -0.1) is 0 Å². The first-order valence-corrected chi connectivity index (χ1v) is 5.91. The highest BCUT2D eigenvalue weighted by Gasteiger charge is 2.14. The average molecular weight is 241 g/mol. The van der Waals surface area contributed by atoms with Crippen molar-refractivity contribution in [2.75, 3.05) is 11.5 Å². The molecule has 3 atom stereocenters. The number of hydrogen-bond acceptors (Lipinski definition) is 6. The van der Waals surface area contributed by atoms with Gasteiger partial charge in [-0.1, -0.05) is 21.6 Å². The highest BCUT2D eigenvalue weighted by molar-refractivity contribution is 8.76. The first-order valence-electron chi connectivity index (χ1n) is 4.11. The lowest BCUT2D eigenvalue weighted by atomic mass is 10.4. The van der Waals surface area contributed by atoms with Crippen LogP contribution in [0.15, 0.2) is 0 Å². The summed E-state index contributed by atoms with van der Waals surface area (Å²) in [4.78, 5) is 20.7. The normalized spacial score (nSPS) is 18.0. The molecule has 0 spiro atoms. The highest BCUT2D eigenvalue weighted by atomic mass is 33.1. The molecule has 0 bridgehead atoms. The Hall–Kier alpha value is -0.440. The van der Waals surface area contributed by atoms with E-state index < -0.39 is 29.8 Å². The van der Waals surface area contributed by atoms with Crippen molar-refractivity contribution in [3.63, 3.8) is 0 Å². The van der Waals surface area contributed by atoms with Crippen LogP contribution in [0, 0.1) is 0 Å². The summed E-state index contributed by atoms with van der Waals surface area (Å²) in [7, 11) is 1.92. The topological polar surface area (TPSA) is 127 Å². The third kappa shape index (κ3) is 6.08. The second-order valence-electron chi connectivity index (χ2n) is 2.33. The van der Waals surface area contributed by atoms with E-state index in [0.717, 1.165) is 21.6 Å². The molecule has 0 rings (SSSR count). The van der Waals surface area contributed by atoms with E-state index in [9.17, 15) is 9.59 Å². The molecule has 1 unspecified atom stereocenters. The van der Waals surface area contributed by atoms with Gasteiger partial charge in [0.15, 0.2) is 0 Å². The van der Waals surface area contributed by atoms with Gasteiger partial charge in [-0.05, 0) is 0 Å². The van der Waals surface area contributed by atoms with E-state index in [4.69, 9.17) is 23.1 Å². The van der Waals surface area contributed by atoms with Crippen LogP contribution in [0.4, 0.5) is 0 Å². The van der Waals surface area contributed by atoms with Crippen molar-refractivity contribution >= 4 is 33.5 Å². The Bertz CT molecular complexity index is 243. The third-order valence-electron chi connectivity index (χ3n) is 1.12. The molecule has 0 aromatic rings.